The Morgan fingerprint density at radius 1 is 0.892 bits per heavy atom. The second-order valence-electron chi connectivity index (χ2n) is 9.35. The molecule has 0 saturated heterocycles. The van der Waals surface area contributed by atoms with Crippen LogP contribution in [0.5, 0.6) is 11.6 Å². The van der Waals surface area contributed by atoms with Gasteiger partial charge < -0.3 is 15.0 Å². The fourth-order valence-electron chi connectivity index (χ4n) is 4.77. The zero-order valence-electron chi connectivity index (χ0n) is 20.5. The van der Waals surface area contributed by atoms with Crippen molar-refractivity contribution in [2.24, 2.45) is 4.99 Å². The van der Waals surface area contributed by atoms with Crippen molar-refractivity contribution in [1.29, 1.82) is 0 Å². The van der Waals surface area contributed by atoms with Crippen molar-refractivity contribution in [3.05, 3.63) is 125 Å². The highest BCUT2D eigenvalue weighted by atomic mass is 17.2. The lowest BCUT2D eigenvalue weighted by atomic mass is 10.00. The average molecular weight is 490 g/mol. The van der Waals surface area contributed by atoms with Gasteiger partial charge in [0.1, 0.15) is 6.61 Å². The molecule has 184 valence electrons. The molecule has 0 radical (unpaired) electrons. The van der Waals surface area contributed by atoms with Gasteiger partial charge in [0.05, 0.1) is 17.0 Å². The summed E-state index contributed by atoms with van der Waals surface area (Å²) in [6, 6.07) is 32.5. The fraction of sp³-hybridized carbons (Fsp3) is 0.129. The molecular weight excluding hydrogens is 462 g/mol. The van der Waals surface area contributed by atoms with Crippen LogP contribution in [-0.2, 0) is 24.6 Å². The summed E-state index contributed by atoms with van der Waals surface area (Å²) in [4.78, 5) is 20.9. The first-order valence-electron chi connectivity index (χ1n) is 12.3. The first-order valence-corrected chi connectivity index (χ1v) is 12.3. The van der Waals surface area contributed by atoms with E-state index < -0.39 is 0 Å². The molecule has 5 aromatic rings. The van der Waals surface area contributed by atoms with Crippen LogP contribution in [0.25, 0.3) is 10.9 Å². The van der Waals surface area contributed by atoms with Gasteiger partial charge in [0, 0.05) is 35.1 Å². The Morgan fingerprint density at radius 2 is 1.57 bits per heavy atom. The molecule has 0 saturated carbocycles. The summed E-state index contributed by atoms with van der Waals surface area (Å²) < 4.78 is 0. The number of aromatic amines is 1. The Balaban J connectivity index is 1.33. The minimum absolute atomic E-state index is 0.0707. The highest BCUT2D eigenvalue weighted by Crippen LogP contribution is 2.37. The SMILES string of the molecule is CN(Cc1ccccc1)Cc1ccc(N=C(c2ccccc2)c2c(O)[nH]c3cc4c(cc23)OOC4)cc1. The van der Waals surface area contributed by atoms with E-state index in [1.54, 1.807) is 0 Å². The van der Waals surface area contributed by atoms with E-state index in [1.165, 1.54) is 11.1 Å². The molecule has 0 aliphatic carbocycles. The molecule has 37 heavy (non-hydrogen) atoms. The third kappa shape index (κ3) is 4.85. The monoisotopic (exact) mass is 489 g/mol. The minimum Gasteiger partial charge on any atom is -0.494 e. The molecular formula is C31H27N3O3. The third-order valence-electron chi connectivity index (χ3n) is 6.53. The van der Waals surface area contributed by atoms with Crippen LogP contribution in [0.4, 0.5) is 5.69 Å². The van der Waals surface area contributed by atoms with E-state index in [4.69, 9.17) is 14.8 Å². The number of nitrogens with zero attached hydrogens (tertiary/aromatic N) is 2. The topological polar surface area (TPSA) is 70.1 Å². The first-order chi connectivity index (χ1) is 18.1. The molecule has 0 bridgehead atoms. The summed E-state index contributed by atoms with van der Waals surface area (Å²) in [6.45, 7) is 2.10. The molecule has 1 aromatic heterocycles. The Morgan fingerprint density at radius 3 is 2.30 bits per heavy atom. The number of aromatic nitrogens is 1. The van der Waals surface area contributed by atoms with Gasteiger partial charge >= 0.3 is 0 Å². The number of aliphatic imine (C=N–C) groups is 1. The number of benzene rings is 4. The van der Waals surface area contributed by atoms with E-state index in [0.717, 1.165) is 40.8 Å². The number of hydrogen-bond donors (Lipinski definition) is 2. The Hall–Kier alpha value is -4.39. The molecule has 0 atom stereocenters. The van der Waals surface area contributed by atoms with Crippen molar-refractivity contribution in [3.8, 4) is 11.6 Å². The fourth-order valence-corrected chi connectivity index (χ4v) is 4.77. The summed E-state index contributed by atoms with van der Waals surface area (Å²) >= 11 is 0. The number of nitrogens with one attached hydrogen (secondary N) is 1. The van der Waals surface area contributed by atoms with Crippen molar-refractivity contribution < 1.29 is 14.9 Å². The molecule has 4 aromatic carbocycles. The van der Waals surface area contributed by atoms with E-state index in [9.17, 15) is 5.11 Å². The number of hydrogen-bond acceptors (Lipinski definition) is 5. The van der Waals surface area contributed by atoms with Gasteiger partial charge in [-0.3, -0.25) is 4.90 Å². The number of aromatic hydroxyl groups is 1. The van der Waals surface area contributed by atoms with Gasteiger partial charge in [-0.2, -0.15) is 4.89 Å². The predicted octanol–water partition coefficient (Wildman–Crippen LogP) is 6.50. The normalized spacial score (nSPS) is 13.2. The Bertz CT molecular complexity index is 1560. The largest absolute Gasteiger partial charge is 0.494 e. The second kappa shape index (κ2) is 9.93. The standard InChI is InChI=1S/C31H27N3O3/c1-34(18-21-8-4-2-5-9-21)19-22-12-14-25(15-13-22)32-30(23-10-6-3-7-11-23)29-26-17-28-24(20-36-37-28)16-27(26)33-31(29)35/h2-17,33,35H,18-20H2,1H3. The summed E-state index contributed by atoms with van der Waals surface area (Å²) in [5.74, 6) is 0.727. The lowest BCUT2D eigenvalue weighted by molar-refractivity contribution is -0.194. The third-order valence-corrected chi connectivity index (χ3v) is 6.53. The van der Waals surface area contributed by atoms with Crippen LogP contribution in [0.15, 0.2) is 102 Å². The summed E-state index contributed by atoms with van der Waals surface area (Å²) in [5, 5.41) is 11.8. The van der Waals surface area contributed by atoms with Crippen LogP contribution >= 0.6 is 0 Å². The van der Waals surface area contributed by atoms with Crippen LogP contribution < -0.4 is 4.89 Å². The van der Waals surface area contributed by atoms with Crippen molar-refractivity contribution in [1.82, 2.24) is 9.88 Å². The summed E-state index contributed by atoms with van der Waals surface area (Å²) in [7, 11) is 2.12. The van der Waals surface area contributed by atoms with Crippen molar-refractivity contribution in [2.45, 2.75) is 19.7 Å². The van der Waals surface area contributed by atoms with Gasteiger partial charge in [-0.15, -0.1) is 0 Å². The van der Waals surface area contributed by atoms with E-state index in [0.29, 0.717) is 23.6 Å². The average Bonchev–Trinajstić information content (AvgIpc) is 3.50. The molecule has 2 N–H and O–H groups in total. The van der Waals surface area contributed by atoms with Gasteiger partial charge in [-0.05, 0) is 42.4 Å². The molecule has 6 nitrogen and oxygen atoms in total. The van der Waals surface area contributed by atoms with E-state index in [2.05, 4.69) is 53.3 Å². The number of fused-ring (bicyclic) bond motifs is 2. The van der Waals surface area contributed by atoms with Gasteiger partial charge in [-0.25, -0.2) is 4.99 Å². The Kier molecular flexibility index (Phi) is 6.18. The van der Waals surface area contributed by atoms with Gasteiger partial charge in [0.15, 0.2) is 11.6 Å². The molecule has 6 rings (SSSR count). The molecule has 1 aliphatic rings. The molecule has 2 heterocycles. The predicted molar refractivity (Wildman–Crippen MR) is 145 cm³/mol. The maximum Gasteiger partial charge on any atom is 0.199 e. The smallest absolute Gasteiger partial charge is 0.199 e. The Labute approximate surface area is 215 Å². The molecule has 6 heteroatoms. The molecule has 0 amide bonds. The summed E-state index contributed by atoms with van der Waals surface area (Å²) in [6.07, 6.45) is 0. The van der Waals surface area contributed by atoms with Crippen molar-refractivity contribution in [3.63, 3.8) is 0 Å². The maximum absolute atomic E-state index is 11.0. The van der Waals surface area contributed by atoms with Gasteiger partial charge in [0.25, 0.3) is 0 Å². The van der Waals surface area contributed by atoms with Crippen LogP contribution in [0, 0.1) is 0 Å². The van der Waals surface area contributed by atoms with Crippen LogP contribution in [0.3, 0.4) is 0 Å². The van der Waals surface area contributed by atoms with E-state index >= 15 is 0 Å². The zero-order valence-corrected chi connectivity index (χ0v) is 20.5. The minimum atomic E-state index is 0.0707. The van der Waals surface area contributed by atoms with Gasteiger partial charge in [-0.1, -0.05) is 72.8 Å². The quantitative estimate of drug-likeness (QED) is 0.202. The van der Waals surface area contributed by atoms with Crippen LogP contribution in [0.2, 0.25) is 0 Å². The lowest BCUT2D eigenvalue weighted by Gasteiger charge is -2.17. The van der Waals surface area contributed by atoms with Crippen LogP contribution in [-0.4, -0.2) is 27.7 Å². The number of rotatable bonds is 7. The highest BCUT2D eigenvalue weighted by Gasteiger charge is 2.23. The maximum atomic E-state index is 11.0. The zero-order chi connectivity index (χ0) is 25.2. The molecule has 0 fully saturated rings. The molecule has 0 unspecified atom stereocenters. The van der Waals surface area contributed by atoms with Gasteiger partial charge in [0.2, 0.25) is 0 Å². The highest BCUT2D eigenvalue weighted by molar-refractivity contribution is 6.22. The number of H-pyrrole nitrogens is 1. The van der Waals surface area contributed by atoms with Crippen molar-refractivity contribution in [2.75, 3.05) is 7.05 Å². The van der Waals surface area contributed by atoms with E-state index in [1.807, 2.05) is 60.7 Å². The molecule has 0 spiro atoms. The lowest BCUT2D eigenvalue weighted by Crippen LogP contribution is -2.17. The summed E-state index contributed by atoms with van der Waals surface area (Å²) in [5.41, 5.74) is 7.27. The second-order valence-corrected chi connectivity index (χ2v) is 9.35. The first kappa shape index (κ1) is 23.0. The van der Waals surface area contributed by atoms with E-state index in [-0.39, 0.29) is 5.88 Å². The van der Waals surface area contributed by atoms with Crippen molar-refractivity contribution >= 4 is 22.3 Å². The van der Waals surface area contributed by atoms with Crippen LogP contribution in [0.1, 0.15) is 27.8 Å². The molecule has 1 aliphatic heterocycles.